The molecular formula is C13H19N3O2. The van der Waals surface area contributed by atoms with Crippen molar-refractivity contribution >= 4 is 11.6 Å². The second-order valence-corrected chi connectivity index (χ2v) is 4.93. The zero-order chi connectivity index (χ0) is 13.2. The Bertz CT molecular complexity index is 450. The van der Waals surface area contributed by atoms with Gasteiger partial charge in [-0.25, -0.2) is 4.98 Å². The number of amides is 1. The van der Waals surface area contributed by atoms with Crippen LogP contribution in [0.5, 0.6) is 5.88 Å². The maximum absolute atomic E-state index is 12.3. The normalized spacial score (nSPS) is 26.9. The van der Waals surface area contributed by atoms with E-state index in [1.807, 2.05) is 6.92 Å². The van der Waals surface area contributed by atoms with E-state index in [2.05, 4.69) is 10.3 Å². The van der Waals surface area contributed by atoms with E-state index in [4.69, 9.17) is 10.5 Å². The topological polar surface area (TPSA) is 77.2 Å². The van der Waals surface area contributed by atoms with E-state index < -0.39 is 5.41 Å². The van der Waals surface area contributed by atoms with Crippen LogP contribution in [0.15, 0.2) is 18.3 Å². The molecule has 0 bridgehead atoms. The monoisotopic (exact) mass is 249 g/mol. The second kappa shape index (κ2) is 4.94. The molecule has 98 valence electrons. The maximum Gasteiger partial charge on any atom is 0.237 e. The Kier molecular flexibility index (Phi) is 3.52. The molecule has 0 spiro atoms. The van der Waals surface area contributed by atoms with Crippen LogP contribution in [0.25, 0.3) is 0 Å². The fourth-order valence-electron chi connectivity index (χ4n) is 2.39. The molecule has 1 fully saturated rings. The number of nitrogens with one attached hydrogen (secondary N) is 1. The molecule has 0 aromatic carbocycles. The highest BCUT2D eigenvalue weighted by Gasteiger charge is 2.43. The van der Waals surface area contributed by atoms with Gasteiger partial charge in [-0.05, 0) is 31.9 Å². The van der Waals surface area contributed by atoms with Crippen LogP contribution in [0.2, 0.25) is 0 Å². The highest BCUT2D eigenvalue weighted by Crippen LogP contribution is 2.38. The Labute approximate surface area is 107 Å². The summed E-state index contributed by atoms with van der Waals surface area (Å²) in [5.41, 5.74) is 6.12. The SMILES string of the molecule is COc1ncccc1NC(=O)C1(C)CCCC1N. The van der Waals surface area contributed by atoms with E-state index in [-0.39, 0.29) is 11.9 Å². The van der Waals surface area contributed by atoms with E-state index in [0.29, 0.717) is 11.6 Å². The van der Waals surface area contributed by atoms with Gasteiger partial charge in [0.1, 0.15) is 5.69 Å². The van der Waals surface area contributed by atoms with Crippen LogP contribution in [-0.2, 0) is 4.79 Å². The lowest BCUT2D eigenvalue weighted by molar-refractivity contribution is -0.125. The fraction of sp³-hybridized carbons (Fsp3) is 0.538. The van der Waals surface area contributed by atoms with E-state index in [1.54, 1.807) is 18.3 Å². The van der Waals surface area contributed by atoms with Crippen LogP contribution in [-0.4, -0.2) is 24.0 Å². The van der Waals surface area contributed by atoms with Gasteiger partial charge < -0.3 is 15.8 Å². The Morgan fingerprint density at radius 1 is 1.67 bits per heavy atom. The van der Waals surface area contributed by atoms with Gasteiger partial charge in [-0.2, -0.15) is 0 Å². The molecule has 0 saturated heterocycles. The molecule has 1 aliphatic carbocycles. The van der Waals surface area contributed by atoms with Crippen LogP contribution >= 0.6 is 0 Å². The Balaban J connectivity index is 2.16. The third-order valence-corrected chi connectivity index (χ3v) is 3.76. The summed E-state index contributed by atoms with van der Waals surface area (Å²) < 4.78 is 5.11. The van der Waals surface area contributed by atoms with E-state index in [9.17, 15) is 4.79 Å². The summed E-state index contributed by atoms with van der Waals surface area (Å²) in [7, 11) is 1.53. The van der Waals surface area contributed by atoms with Crippen molar-refractivity contribution in [1.29, 1.82) is 0 Å². The first-order chi connectivity index (χ1) is 8.58. The summed E-state index contributed by atoms with van der Waals surface area (Å²) in [6, 6.07) is 3.45. The van der Waals surface area contributed by atoms with Gasteiger partial charge >= 0.3 is 0 Å². The summed E-state index contributed by atoms with van der Waals surface area (Å²) in [5.74, 6) is 0.361. The van der Waals surface area contributed by atoms with Gasteiger partial charge in [-0.15, -0.1) is 0 Å². The first-order valence-electron chi connectivity index (χ1n) is 6.14. The van der Waals surface area contributed by atoms with Gasteiger partial charge in [0, 0.05) is 12.2 Å². The van der Waals surface area contributed by atoms with Crippen molar-refractivity contribution in [3.63, 3.8) is 0 Å². The minimum Gasteiger partial charge on any atom is -0.480 e. The predicted molar refractivity (Wildman–Crippen MR) is 69.4 cm³/mol. The van der Waals surface area contributed by atoms with E-state index in [1.165, 1.54) is 7.11 Å². The number of carbonyl (C=O) groups is 1. The minimum absolute atomic E-state index is 0.0567. The zero-order valence-corrected chi connectivity index (χ0v) is 10.8. The first kappa shape index (κ1) is 12.8. The summed E-state index contributed by atoms with van der Waals surface area (Å²) in [5, 5.41) is 2.87. The van der Waals surface area contributed by atoms with Crippen molar-refractivity contribution in [1.82, 2.24) is 4.98 Å². The van der Waals surface area contributed by atoms with Crippen LogP contribution in [0.1, 0.15) is 26.2 Å². The number of nitrogens with zero attached hydrogens (tertiary/aromatic N) is 1. The number of methoxy groups -OCH3 is 1. The number of nitrogens with two attached hydrogens (primary N) is 1. The van der Waals surface area contributed by atoms with Gasteiger partial charge in [0.05, 0.1) is 12.5 Å². The number of aromatic nitrogens is 1. The predicted octanol–water partition coefficient (Wildman–Crippen LogP) is 1.55. The van der Waals surface area contributed by atoms with Crippen LogP contribution in [0.4, 0.5) is 5.69 Å². The van der Waals surface area contributed by atoms with Crippen molar-refractivity contribution in [2.75, 3.05) is 12.4 Å². The largest absolute Gasteiger partial charge is 0.480 e. The molecule has 0 radical (unpaired) electrons. The lowest BCUT2D eigenvalue weighted by Crippen LogP contribution is -2.44. The molecule has 5 heteroatoms. The molecule has 3 N–H and O–H groups in total. The number of carbonyl (C=O) groups excluding carboxylic acids is 1. The van der Waals surface area contributed by atoms with Gasteiger partial charge in [0.2, 0.25) is 11.8 Å². The molecule has 5 nitrogen and oxygen atoms in total. The van der Waals surface area contributed by atoms with Gasteiger partial charge in [0.25, 0.3) is 0 Å². The van der Waals surface area contributed by atoms with Gasteiger partial charge in [-0.3, -0.25) is 4.79 Å². The Hall–Kier alpha value is -1.62. The maximum atomic E-state index is 12.3. The minimum atomic E-state index is -0.499. The molecule has 1 aromatic heterocycles. The van der Waals surface area contributed by atoms with E-state index in [0.717, 1.165) is 19.3 Å². The summed E-state index contributed by atoms with van der Waals surface area (Å²) in [6.07, 6.45) is 4.34. The number of hydrogen-bond donors (Lipinski definition) is 2. The number of ether oxygens (including phenoxy) is 1. The smallest absolute Gasteiger partial charge is 0.237 e. The lowest BCUT2D eigenvalue weighted by Gasteiger charge is -2.27. The quantitative estimate of drug-likeness (QED) is 0.852. The number of pyridine rings is 1. The molecule has 1 amide bonds. The zero-order valence-electron chi connectivity index (χ0n) is 10.8. The lowest BCUT2D eigenvalue weighted by atomic mass is 9.84. The average Bonchev–Trinajstić information content (AvgIpc) is 2.71. The highest BCUT2D eigenvalue weighted by molar-refractivity contribution is 5.96. The molecule has 0 aliphatic heterocycles. The number of rotatable bonds is 3. The van der Waals surface area contributed by atoms with Crippen molar-refractivity contribution in [3.05, 3.63) is 18.3 Å². The van der Waals surface area contributed by atoms with Crippen molar-refractivity contribution in [2.45, 2.75) is 32.2 Å². The molecule has 2 atom stereocenters. The summed E-state index contributed by atoms with van der Waals surface area (Å²) >= 11 is 0. The van der Waals surface area contributed by atoms with Crippen LogP contribution in [0, 0.1) is 5.41 Å². The van der Waals surface area contributed by atoms with Gasteiger partial charge in [0.15, 0.2) is 0 Å². The third kappa shape index (κ3) is 2.18. The van der Waals surface area contributed by atoms with Crippen molar-refractivity contribution in [3.8, 4) is 5.88 Å². The molecule has 2 unspecified atom stereocenters. The molecule has 1 heterocycles. The summed E-state index contributed by atoms with van der Waals surface area (Å²) in [4.78, 5) is 16.4. The first-order valence-corrected chi connectivity index (χ1v) is 6.14. The molecular weight excluding hydrogens is 230 g/mol. The molecule has 18 heavy (non-hydrogen) atoms. The van der Waals surface area contributed by atoms with Gasteiger partial charge in [-0.1, -0.05) is 6.42 Å². The highest BCUT2D eigenvalue weighted by atomic mass is 16.5. The van der Waals surface area contributed by atoms with Crippen molar-refractivity contribution in [2.24, 2.45) is 11.1 Å². The number of anilines is 1. The van der Waals surface area contributed by atoms with Crippen LogP contribution in [0.3, 0.4) is 0 Å². The number of hydrogen-bond acceptors (Lipinski definition) is 4. The molecule has 1 saturated carbocycles. The Morgan fingerprint density at radius 3 is 3.06 bits per heavy atom. The average molecular weight is 249 g/mol. The third-order valence-electron chi connectivity index (χ3n) is 3.76. The van der Waals surface area contributed by atoms with Crippen molar-refractivity contribution < 1.29 is 9.53 Å². The molecule has 1 aromatic rings. The molecule has 2 rings (SSSR count). The standard InChI is InChI=1S/C13H19N3O2/c1-13(7-3-6-10(13)14)12(17)16-9-5-4-8-15-11(9)18-2/h4-5,8,10H,3,6-7,14H2,1-2H3,(H,16,17). The summed E-state index contributed by atoms with van der Waals surface area (Å²) in [6.45, 7) is 1.92. The molecule has 1 aliphatic rings. The van der Waals surface area contributed by atoms with E-state index >= 15 is 0 Å². The van der Waals surface area contributed by atoms with Crippen LogP contribution < -0.4 is 15.8 Å². The second-order valence-electron chi connectivity index (χ2n) is 4.93. The fourth-order valence-corrected chi connectivity index (χ4v) is 2.39. The Morgan fingerprint density at radius 2 is 2.44 bits per heavy atom.